The van der Waals surface area contributed by atoms with Crippen LogP contribution in [-0.4, -0.2) is 20.8 Å². The van der Waals surface area contributed by atoms with Gasteiger partial charge in [-0.15, -0.1) is 0 Å². The highest BCUT2D eigenvalue weighted by atomic mass is 32.2. The van der Waals surface area contributed by atoms with Crippen LogP contribution >= 0.6 is 0 Å². The Bertz CT molecular complexity index is 804. The maximum atomic E-state index is 12.8. The molecule has 0 fully saturated rings. The fraction of sp³-hybridized carbons (Fsp3) is 0.167. The number of rotatable bonds is 6. The molecule has 2 aromatic carbocycles. The predicted octanol–water partition coefficient (Wildman–Crippen LogP) is 3.53. The van der Waals surface area contributed by atoms with Crippen LogP contribution in [0, 0.1) is 6.92 Å². The van der Waals surface area contributed by atoms with Crippen molar-refractivity contribution >= 4 is 15.6 Å². The van der Waals surface area contributed by atoms with Crippen molar-refractivity contribution < 1.29 is 17.9 Å². The molecule has 0 aliphatic carbocycles. The first-order valence-corrected chi connectivity index (χ1v) is 8.68. The lowest BCUT2D eigenvalue weighted by Gasteiger charge is -2.09. The standard InChI is InChI=1S/C18H18O4S/c1-3-22-13-17(18(19)15-7-5-4-6-8-15)23(20,21)16-11-9-14(2)10-12-16/h4-13H,3H2,1-2H3/b17-13-. The van der Waals surface area contributed by atoms with Crippen LogP contribution < -0.4 is 0 Å². The van der Waals surface area contributed by atoms with Crippen LogP contribution in [-0.2, 0) is 14.6 Å². The van der Waals surface area contributed by atoms with E-state index in [-0.39, 0.29) is 16.4 Å². The van der Waals surface area contributed by atoms with Crippen molar-refractivity contribution in [3.63, 3.8) is 0 Å². The second-order valence-corrected chi connectivity index (χ2v) is 6.87. The molecule has 0 saturated carbocycles. The van der Waals surface area contributed by atoms with Crippen molar-refractivity contribution in [2.75, 3.05) is 6.61 Å². The van der Waals surface area contributed by atoms with Crippen molar-refractivity contribution in [1.82, 2.24) is 0 Å². The Hall–Kier alpha value is -2.40. The molecule has 2 rings (SSSR count). The average molecular weight is 330 g/mol. The summed E-state index contributed by atoms with van der Waals surface area (Å²) in [4.78, 5) is 12.3. The maximum absolute atomic E-state index is 12.8. The number of sulfone groups is 1. The average Bonchev–Trinajstić information content (AvgIpc) is 2.56. The summed E-state index contributed by atoms with van der Waals surface area (Å²) >= 11 is 0. The van der Waals surface area contributed by atoms with Gasteiger partial charge in [-0.05, 0) is 26.0 Å². The Morgan fingerprint density at radius 2 is 1.65 bits per heavy atom. The molecule has 120 valence electrons. The van der Waals surface area contributed by atoms with Gasteiger partial charge in [-0.3, -0.25) is 4.79 Å². The zero-order valence-corrected chi connectivity index (χ0v) is 13.8. The topological polar surface area (TPSA) is 60.4 Å². The van der Waals surface area contributed by atoms with Gasteiger partial charge in [-0.2, -0.15) is 0 Å². The molecule has 0 spiro atoms. The van der Waals surface area contributed by atoms with E-state index < -0.39 is 15.6 Å². The minimum absolute atomic E-state index is 0.0679. The summed E-state index contributed by atoms with van der Waals surface area (Å²) in [6.45, 7) is 3.86. The molecule has 0 saturated heterocycles. The first-order valence-electron chi connectivity index (χ1n) is 7.20. The van der Waals surface area contributed by atoms with E-state index in [2.05, 4.69) is 0 Å². The summed E-state index contributed by atoms with van der Waals surface area (Å²) < 4.78 is 30.7. The van der Waals surface area contributed by atoms with Crippen LogP contribution in [0.4, 0.5) is 0 Å². The van der Waals surface area contributed by atoms with Gasteiger partial charge < -0.3 is 4.74 Å². The van der Waals surface area contributed by atoms with Crippen molar-refractivity contribution in [1.29, 1.82) is 0 Å². The maximum Gasteiger partial charge on any atom is 0.213 e. The highest BCUT2D eigenvalue weighted by Gasteiger charge is 2.28. The van der Waals surface area contributed by atoms with Crippen LogP contribution in [0.2, 0.25) is 0 Å². The van der Waals surface area contributed by atoms with Crippen LogP contribution in [0.3, 0.4) is 0 Å². The summed E-state index contributed by atoms with van der Waals surface area (Å²) in [5.41, 5.74) is 1.24. The molecule has 4 nitrogen and oxygen atoms in total. The summed E-state index contributed by atoms with van der Waals surface area (Å²) in [6.07, 6.45) is 1.03. The van der Waals surface area contributed by atoms with Gasteiger partial charge in [-0.1, -0.05) is 48.0 Å². The van der Waals surface area contributed by atoms with E-state index in [0.717, 1.165) is 11.8 Å². The summed E-state index contributed by atoms with van der Waals surface area (Å²) in [6, 6.07) is 14.6. The van der Waals surface area contributed by atoms with Gasteiger partial charge in [0.05, 0.1) is 11.5 Å². The summed E-state index contributed by atoms with van der Waals surface area (Å²) in [5.74, 6) is -0.584. The molecule has 5 heteroatoms. The molecular formula is C18H18O4S. The number of allylic oxidation sites excluding steroid dienone is 1. The first kappa shape index (κ1) is 17.0. The third kappa shape index (κ3) is 3.87. The number of carbonyl (C=O) groups is 1. The van der Waals surface area contributed by atoms with Gasteiger partial charge in [0.1, 0.15) is 6.26 Å². The molecule has 0 unspecified atom stereocenters. The highest BCUT2D eigenvalue weighted by molar-refractivity contribution is 7.96. The molecule has 0 radical (unpaired) electrons. The number of aryl methyl sites for hydroxylation is 1. The minimum atomic E-state index is -3.95. The second kappa shape index (κ2) is 7.24. The Kier molecular flexibility index (Phi) is 5.34. The molecule has 0 bridgehead atoms. The van der Waals surface area contributed by atoms with Crippen molar-refractivity contribution in [3.05, 3.63) is 76.9 Å². The van der Waals surface area contributed by atoms with E-state index in [1.165, 1.54) is 12.1 Å². The van der Waals surface area contributed by atoms with E-state index in [1.54, 1.807) is 49.4 Å². The highest BCUT2D eigenvalue weighted by Crippen LogP contribution is 2.23. The number of Topliss-reactive ketones (excluding diaryl/α,β-unsaturated/α-hetero) is 1. The fourth-order valence-corrected chi connectivity index (χ4v) is 3.28. The van der Waals surface area contributed by atoms with E-state index in [9.17, 15) is 13.2 Å². The minimum Gasteiger partial charge on any atom is -0.500 e. The second-order valence-electron chi connectivity index (χ2n) is 4.95. The Morgan fingerprint density at radius 1 is 1.04 bits per heavy atom. The van der Waals surface area contributed by atoms with Gasteiger partial charge in [0.15, 0.2) is 4.91 Å². The van der Waals surface area contributed by atoms with Crippen LogP contribution in [0.25, 0.3) is 0 Å². The zero-order valence-electron chi connectivity index (χ0n) is 13.0. The Morgan fingerprint density at radius 3 is 2.22 bits per heavy atom. The molecule has 23 heavy (non-hydrogen) atoms. The molecule has 0 aromatic heterocycles. The molecule has 0 N–H and O–H groups in total. The molecule has 0 amide bonds. The number of hydrogen-bond donors (Lipinski definition) is 0. The number of benzene rings is 2. The smallest absolute Gasteiger partial charge is 0.213 e. The lowest BCUT2D eigenvalue weighted by atomic mass is 10.1. The van der Waals surface area contributed by atoms with Crippen molar-refractivity contribution in [2.24, 2.45) is 0 Å². The van der Waals surface area contributed by atoms with Gasteiger partial charge in [0.25, 0.3) is 0 Å². The third-order valence-electron chi connectivity index (χ3n) is 3.24. The van der Waals surface area contributed by atoms with Gasteiger partial charge in [-0.25, -0.2) is 8.42 Å². The normalized spacial score (nSPS) is 12.0. The molecular weight excluding hydrogens is 312 g/mol. The van der Waals surface area contributed by atoms with E-state index in [1.807, 2.05) is 6.92 Å². The van der Waals surface area contributed by atoms with Gasteiger partial charge in [0.2, 0.25) is 15.6 Å². The number of carbonyl (C=O) groups excluding carboxylic acids is 1. The zero-order chi connectivity index (χ0) is 16.9. The monoisotopic (exact) mass is 330 g/mol. The Labute approximate surface area is 136 Å². The van der Waals surface area contributed by atoms with E-state index >= 15 is 0 Å². The van der Waals surface area contributed by atoms with E-state index in [4.69, 9.17) is 4.74 Å². The van der Waals surface area contributed by atoms with Gasteiger partial charge in [0, 0.05) is 5.56 Å². The van der Waals surface area contributed by atoms with Crippen LogP contribution in [0.15, 0.2) is 70.7 Å². The lowest BCUT2D eigenvalue weighted by Crippen LogP contribution is -2.15. The van der Waals surface area contributed by atoms with Gasteiger partial charge >= 0.3 is 0 Å². The van der Waals surface area contributed by atoms with Crippen molar-refractivity contribution in [2.45, 2.75) is 18.7 Å². The molecule has 0 heterocycles. The van der Waals surface area contributed by atoms with E-state index in [0.29, 0.717) is 5.56 Å². The number of ether oxygens (including phenoxy) is 1. The van der Waals surface area contributed by atoms with Crippen LogP contribution in [0.1, 0.15) is 22.8 Å². The Balaban J connectivity index is 2.50. The number of hydrogen-bond acceptors (Lipinski definition) is 4. The summed E-state index contributed by atoms with van der Waals surface area (Å²) in [7, 11) is -3.95. The molecule has 0 atom stereocenters. The third-order valence-corrected chi connectivity index (χ3v) is 4.99. The largest absolute Gasteiger partial charge is 0.500 e. The van der Waals surface area contributed by atoms with Crippen molar-refractivity contribution in [3.8, 4) is 0 Å². The predicted molar refractivity (Wildman–Crippen MR) is 88.8 cm³/mol. The number of ketones is 1. The molecule has 2 aromatic rings. The molecule has 0 aliphatic rings. The molecule has 0 aliphatic heterocycles. The summed E-state index contributed by atoms with van der Waals surface area (Å²) in [5, 5.41) is 0. The van der Waals surface area contributed by atoms with Crippen LogP contribution in [0.5, 0.6) is 0 Å². The lowest BCUT2D eigenvalue weighted by molar-refractivity contribution is 0.103. The first-order chi connectivity index (χ1) is 11.0. The quantitative estimate of drug-likeness (QED) is 0.462. The fourth-order valence-electron chi connectivity index (χ4n) is 1.97. The SMILES string of the molecule is CCO/C=C(/C(=O)c1ccccc1)S(=O)(=O)c1ccc(C)cc1.